The van der Waals surface area contributed by atoms with Crippen LogP contribution in [0, 0.1) is 0 Å². The minimum absolute atomic E-state index is 0.214. The normalized spacial score (nSPS) is 14.0. The fraction of sp³-hybridized carbons (Fsp3) is 0.263. The molecular weight excluding hydrogens is 314 g/mol. The summed E-state index contributed by atoms with van der Waals surface area (Å²) in [6, 6.07) is 11.6. The highest BCUT2D eigenvalue weighted by Gasteiger charge is 2.20. The molecule has 1 aliphatic heterocycles. The number of hydrogen-bond donors (Lipinski definition) is 1. The third-order valence-electron chi connectivity index (χ3n) is 4.49. The summed E-state index contributed by atoms with van der Waals surface area (Å²) in [6.07, 6.45) is 5.76. The first-order valence-corrected chi connectivity index (χ1v) is 8.50. The van der Waals surface area contributed by atoms with Gasteiger partial charge in [0, 0.05) is 42.8 Å². The van der Waals surface area contributed by atoms with Crippen LogP contribution in [0.15, 0.2) is 48.8 Å². The highest BCUT2D eigenvalue weighted by molar-refractivity contribution is 6.07. The number of amides is 1. The van der Waals surface area contributed by atoms with Crippen LogP contribution in [0.1, 0.15) is 28.9 Å². The van der Waals surface area contributed by atoms with Crippen molar-refractivity contribution in [3.63, 3.8) is 0 Å². The van der Waals surface area contributed by atoms with Gasteiger partial charge in [0.1, 0.15) is 0 Å². The number of carbonyl (C=O) groups excluding carboxylic acids is 1. The highest BCUT2D eigenvalue weighted by Crippen LogP contribution is 2.28. The van der Waals surface area contributed by atoms with Crippen molar-refractivity contribution in [2.75, 3.05) is 18.0 Å². The molecule has 1 amide bonds. The highest BCUT2D eigenvalue weighted by atomic mass is 16.1. The lowest BCUT2D eigenvalue weighted by Gasteiger charge is -2.18. The first kappa shape index (κ1) is 15.5. The number of carbonyl (C=O) groups is 1. The van der Waals surface area contributed by atoms with Crippen molar-refractivity contribution >= 4 is 22.5 Å². The Morgan fingerprint density at radius 2 is 1.72 bits per heavy atom. The summed E-state index contributed by atoms with van der Waals surface area (Å²) < 4.78 is 0. The number of fused-ring (bicyclic) bond motifs is 1. The molecule has 1 N–H and O–H groups in total. The molecule has 0 spiro atoms. The van der Waals surface area contributed by atoms with Crippen LogP contribution in [-0.4, -0.2) is 34.2 Å². The number of anilines is 1. The molecule has 6 nitrogen and oxygen atoms in total. The minimum atomic E-state index is -0.214. The molecule has 0 saturated carbocycles. The van der Waals surface area contributed by atoms with Gasteiger partial charge in [-0.15, -0.1) is 10.2 Å². The Kier molecular flexibility index (Phi) is 4.24. The molecule has 1 aliphatic rings. The molecule has 0 radical (unpaired) electrons. The van der Waals surface area contributed by atoms with Crippen molar-refractivity contribution in [3.8, 4) is 0 Å². The van der Waals surface area contributed by atoms with Crippen molar-refractivity contribution in [1.29, 1.82) is 0 Å². The Balaban J connectivity index is 1.63. The van der Waals surface area contributed by atoms with Crippen molar-refractivity contribution in [2.45, 2.75) is 19.4 Å². The Morgan fingerprint density at radius 3 is 2.48 bits per heavy atom. The van der Waals surface area contributed by atoms with E-state index in [0.717, 1.165) is 35.2 Å². The van der Waals surface area contributed by atoms with Gasteiger partial charge >= 0.3 is 0 Å². The van der Waals surface area contributed by atoms with Crippen molar-refractivity contribution in [3.05, 3.63) is 60.0 Å². The van der Waals surface area contributed by atoms with E-state index in [9.17, 15) is 4.79 Å². The van der Waals surface area contributed by atoms with Crippen LogP contribution in [0.2, 0.25) is 0 Å². The second kappa shape index (κ2) is 6.84. The Labute approximate surface area is 145 Å². The van der Waals surface area contributed by atoms with Crippen molar-refractivity contribution in [2.24, 2.45) is 0 Å². The number of benzene rings is 1. The summed E-state index contributed by atoms with van der Waals surface area (Å²) in [6.45, 7) is 2.42. The lowest BCUT2D eigenvalue weighted by atomic mass is 10.1. The quantitative estimate of drug-likeness (QED) is 0.794. The topological polar surface area (TPSA) is 71.0 Å². The summed E-state index contributed by atoms with van der Waals surface area (Å²) >= 11 is 0. The zero-order valence-corrected chi connectivity index (χ0v) is 13.9. The van der Waals surface area contributed by atoms with Crippen molar-refractivity contribution < 1.29 is 4.79 Å². The summed E-state index contributed by atoms with van der Waals surface area (Å²) in [4.78, 5) is 18.8. The summed E-state index contributed by atoms with van der Waals surface area (Å²) in [5.41, 5.74) is 1.36. The standard InChI is InChI=1S/C19H19N5O/c25-19(21-13-14-7-9-20-10-8-14)17-15-5-1-2-6-16(15)18(23-22-17)24-11-3-4-12-24/h1-2,5-10H,3-4,11-13H2,(H,21,25). The molecule has 1 saturated heterocycles. The zero-order chi connectivity index (χ0) is 17.1. The molecule has 1 fully saturated rings. The lowest BCUT2D eigenvalue weighted by Crippen LogP contribution is -2.26. The van der Waals surface area contributed by atoms with Crippen LogP contribution in [0.25, 0.3) is 10.8 Å². The maximum atomic E-state index is 12.6. The number of nitrogens with zero attached hydrogens (tertiary/aromatic N) is 4. The number of rotatable bonds is 4. The predicted octanol–water partition coefficient (Wildman–Crippen LogP) is 2.56. The maximum Gasteiger partial charge on any atom is 0.272 e. The van der Waals surface area contributed by atoms with E-state index >= 15 is 0 Å². The molecule has 3 aromatic rings. The minimum Gasteiger partial charge on any atom is -0.355 e. The van der Waals surface area contributed by atoms with E-state index in [1.807, 2.05) is 36.4 Å². The Bertz CT molecular complexity index is 891. The molecule has 126 valence electrons. The molecule has 25 heavy (non-hydrogen) atoms. The van der Waals surface area contributed by atoms with E-state index < -0.39 is 0 Å². The number of aromatic nitrogens is 3. The second-order valence-electron chi connectivity index (χ2n) is 6.15. The number of nitrogens with one attached hydrogen (secondary N) is 1. The van der Waals surface area contributed by atoms with Gasteiger partial charge in [-0.3, -0.25) is 9.78 Å². The monoisotopic (exact) mass is 333 g/mol. The van der Waals surface area contributed by atoms with Gasteiger partial charge in [0.15, 0.2) is 11.5 Å². The van der Waals surface area contributed by atoms with Gasteiger partial charge in [-0.1, -0.05) is 24.3 Å². The van der Waals surface area contributed by atoms with E-state index in [2.05, 4.69) is 25.4 Å². The van der Waals surface area contributed by atoms with Crippen LogP contribution in [-0.2, 0) is 6.54 Å². The van der Waals surface area contributed by atoms with Crippen LogP contribution < -0.4 is 10.2 Å². The second-order valence-corrected chi connectivity index (χ2v) is 6.15. The van der Waals surface area contributed by atoms with Gasteiger partial charge < -0.3 is 10.2 Å². The predicted molar refractivity (Wildman–Crippen MR) is 96.4 cm³/mol. The smallest absolute Gasteiger partial charge is 0.272 e. The van der Waals surface area contributed by atoms with Crippen molar-refractivity contribution in [1.82, 2.24) is 20.5 Å². The number of pyridine rings is 1. The van der Waals surface area contributed by atoms with Crippen LogP contribution in [0.4, 0.5) is 5.82 Å². The first-order chi connectivity index (χ1) is 12.3. The SMILES string of the molecule is O=C(NCc1ccncc1)c1nnc(N2CCCC2)c2ccccc12. The van der Waals surface area contributed by atoms with Gasteiger partial charge in [-0.25, -0.2) is 0 Å². The molecule has 0 aliphatic carbocycles. The van der Waals surface area contributed by atoms with E-state index in [1.165, 1.54) is 12.8 Å². The average Bonchev–Trinajstić information content (AvgIpc) is 3.20. The molecule has 6 heteroatoms. The lowest BCUT2D eigenvalue weighted by molar-refractivity contribution is 0.0947. The van der Waals surface area contributed by atoms with E-state index in [1.54, 1.807) is 12.4 Å². The van der Waals surface area contributed by atoms with E-state index in [4.69, 9.17) is 0 Å². The molecule has 1 aromatic carbocycles. The van der Waals surface area contributed by atoms with Gasteiger partial charge in [0.05, 0.1) is 0 Å². The molecule has 0 unspecified atom stereocenters. The third kappa shape index (κ3) is 3.15. The summed E-state index contributed by atoms with van der Waals surface area (Å²) in [7, 11) is 0. The van der Waals surface area contributed by atoms with E-state index in [0.29, 0.717) is 12.2 Å². The van der Waals surface area contributed by atoms with Gasteiger partial charge in [0.25, 0.3) is 5.91 Å². The number of hydrogen-bond acceptors (Lipinski definition) is 5. The zero-order valence-electron chi connectivity index (χ0n) is 13.9. The largest absolute Gasteiger partial charge is 0.355 e. The molecule has 0 atom stereocenters. The van der Waals surface area contributed by atoms with Gasteiger partial charge in [-0.2, -0.15) is 0 Å². The fourth-order valence-electron chi connectivity index (χ4n) is 3.19. The average molecular weight is 333 g/mol. The van der Waals surface area contributed by atoms with Crippen LogP contribution >= 0.6 is 0 Å². The van der Waals surface area contributed by atoms with Crippen LogP contribution in [0.5, 0.6) is 0 Å². The Hall–Kier alpha value is -3.02. The van der Waals surface area contributed by atoms with Crippen LogP contribution in [0.3, 0.4) is 0 Å². The first-order valence-electron chi connectivity index (χ1n) is 8.50. The summed E-state index contributed by atoms with van der Waals surface area (Å²) in [5, 5.41) is 13.4. The molecule has 3 heterocycles. The molecule has 0 bridgehead atoms. The fourth-order valence-corrected chi connectivity index (χ4v) is 3.19. The Morgan fingerprint density at radius 1 is 1.00 bits per heavy atom. The molecule has 4 rings (SSSR count). The maximum absolute atomic E-state index is 12.6. The van der Waals surface area contributed by atoms with Gasteiger partial charge in [0.2, 0.25) is 0 Å². The summed E-state index contributed by atoms with van der Waals surface area (Å²) in [5.74, 6) is 0.660. The van der Waals surface area contributed by atoms with E-state index in [-0.39, 0.29) is 5.91 Å². The van der Waals surface area contributed by atoms with Gasteiger partial charge in [-0.05, 0) is 30.5 Å². The molecule has 2 aromatic heterocycles. The molecular formula is C19H19N5O. The third-order valence-corrected chi connectivity index (χ3v) is 4.49.